The van der Waals surface area contributed by atoms with Crippen LogP contribution in [-0.4, -0.2) is 40.1 Å². The molecular weight excluding hydrogens is 403 g/mol. The topological polar surface area (TPSA) is 109 Å². The third-order valence-electron chi connectivity index (χ3n) is 4.67. The molecule has 6 heterocycles. The van der Waals surface area contributed by atoms with Crippen LogP contribution in [-0.2, 0) is 0 Å². The van der Waals surface area contributed by atoms with E-state index in [4.69, 9.17) is 9.97 Å². The summed E-state index contributed by atoms with van der Waals surface area (Å²) >= 11 is 1.03. The second-order valence-corrected chi connectivity index (χ2v) is 7.53. The number of hydrogen-bond acceptors (Lipinski definition) is 7. The van der Waals surface area contributed by atoms with Gasteiger partial charge in [-0.2, -0.15) is 9.49 Å². The Bertz CT molecular complexity index is 1520. The molecule has 0 atom stereocenters. The maximum absolute atomic E-state index is 13.5. The molecule has 6 aromatic rings. The highest BCUT2D eigenvalue weighted by Crippen LogP contribution is 2.33. The Labute approximate surface area is 171 Å². The third-order valence-corrected chi connectivity index (χ3v) is 5.55. The maximum Gasteiger partial charge on any atom is 0.177 e. The van der Waals surface area contributed by atoms with Gasteiger partial charge in [-0.3, -0.25) is 20.1 Å². The maximum atomic E-state index is 13.5. The number of rotatable bonds is 3. The lowest BCUT2D eigenvalue weighted by molar-refractivity contribution is 0.657. The van der Waals surface area contributed by atoms with Gasteiger partial charge in [-0.15, -0.1) is 11.3 Å². The van der Waals surface area contributed by atoms with E-state index in [1.807, 2.05) is 18.2 Å². The van der Waals surface area contributed by atoms with Gasteiger partial charge in [-0.25, -0.2) is 9.97 Å². The standard InChI is InChI=1S/C20H11FN8S/c21-15-4-3-14(30-15)18-16-11(5-6-24-18)26-20(27-16)19-17-12(28-29-19)2-1-10(25-17)13-9-22-7-8-23-13/h1-9H,(H,26,27)(H,28,29). The van der Waals surface area contributed by atoms with Gasteiger partial charge in [0.2, 0.25) is 0 Å². The van der Waals surface area contributed by atoms with Crippen LogP contribution in [0.5, 0.6) is 0 Å². The molecule has 6 rings (SSSR count). The summed E-state index contributed by atoms with van der Waals surface area (Å²) in [4.78, 5) is 26.2. The SMILES string of the molecule is Fc1ccc(-c2nccc3[nH]c(-c4n[nH]c5ccc(-c6cnccn6)nc45)nc23)s1. The largest absolute Gasteiger partial charge is 0.336 e. The Morgan fingerprint density at radius 1 is 0.800 bits per heavy atom. The van der Waals surface area contributed by atoms with Crippen LogP contribution < -0.4 is 0 Å². The van der Waals surface area contributed by atoms with Crippen molar-refractivity contribution in [2.45, 2.75) is 0 Å². The van der Waals surface area contributed by atoms with Crippen molar-refractivity contribution in [2.75, 3.05) is 0 Å². The highest BCUT2D eigenvalue weighted by Gasteiger charge is 2.18. The molecule has 0 bridgehead atoms. The zero-order valence-corrected chi connectivity index (χ0v) is 16.0. The molecule has 6 aromatic heterocycles. The van der Waals surface area contributed by atoms with Gasteiger partial charge in [0, 0.05) is 18.6 Å². The summed E-state index contributed by atoms with van der Waals surface area (Å²) in [6, 6.07) is 8.71. The number of aromatic amines is 2. The number of thiophene rings is 1. The molecule has 0 radical (unpaired) electrons. The minimum Gasteiger partial charge on any atom is -0.336 e. The average Bonchev–Trinajstić information content (AvgIpc) is 3.51. The van der Waals surface area contributed by atoms with Crippen molar-refractivity contribution in [3.8, 4) is 33.5 Å². The molecule has 30 heavy (non-hydrogen) atoms. The van der Waals surface area contributed by atoms with Crippen molar-refractivity contribution in [3.63, 3.8) is 0 Å². The quantitative estimate of drug-likeness (QED) is 0.449. The lowest BCUT2D eigenvalue weighted by Crippen LogP contribution is -1.89. The molecule has 0 aliphatic heterocycles. The Morgan fingerprint density at radius 2 is 1.73 bits per heavy atom. The van der Waals surface area contributed by atoms with Crippen LogP contribution in [0.1, 0.15) is 0 Å². The van der Waals surface area contributed by atoms with E-state index in [0.717, 1.165) is 22.4 Å². The van der Waals surface area contributed by atoms with Crippen LogP contribution in [0, 0.1) is 5.13 Å². The monoisotopic (exact) mass is 414 g/mol. The molecule has 2 N–H and O–H groups in total. The molecule has 0 spiro atoms. The van der Waals surface area contributed by atoms with Crippen LogP contribution >= 0.6 is 11.3 Å². The number of aromatic nitrogens is 8. The fourth-order valence-electron chi connectivity index (χ4n) is 3.31. The first-order valence-corrected chi connectivity index (χ1v) is 9.80. The van der Waals surface area contributed by atoms with E-state index in [9.17, 15) is 4.39 Å². The van der Waals surface area contributed by atoms with Crippen molar-refractivity contribution in [1.29, 1.82) is 0 Å². The summed E-state index contributed by atoms with van der Waals surface area (Å²) in [5.41, 5.74) is 5.42. The molecule has 0 amide bonds. The summed E-state index contributed by atoms with van der Waals surface area (Å²) in [7, 11) is 0. The minimum atomic E-state index is -0.265. The van der Waals surface area contributed by atoms with E-state index < -0.39 is 0 Å². The zero-order chi connectivity index (χ0) is 20.1. The summed E-state index contributed by atoms with van der Waals surface area (Å²) in [6.07, 6.45) is 6.57. The summed E-state index contributed by atoms with van der Waals surface area (Å²) in [6.45, 7) is 0. The highest BCUT2D eigenvalue weighted by atomic mass is 32.1. The Kier molecular flexibility index (Phi) is 3.65. The average molecular weight is 414 g/mol. The summed E-state index contributed by atoms with van der Waals surface area (Å²) in [5.74, 6) is 0.548. The molecule has 0 fully saturated rings. The lowest BCUT2D eigenvalue weighted by Gasteiger charge is -1.99. The van der Waals surface area contributed by atoms with Gasteiger partial charge >= 0.3 is 0 Å². The van der Waals surface area contributed by atoms with Crippen molar-refractivity contribution in [1.82, 2.24) is 40.1 Å². The van der Waals surface area contributed by atoms with Gasteiger partial charge in [-0.1, -0.05) is 0 Å². The number of imidazole rings is 1. The predicted molar refractivity (Wildman–Crippen MR) is 111 cm³/mol. The smallest absolute Gasteiger partial charge is 0.177 e. The summed E-state index contributed by atoms with van der Waals surface area (Å²) < 4.78 is 13.5. The van der Waals surface area contributed by atoms with E-state index in [1.165, 1.54) is 6.07 Å². The lowest BCUT2D eigenvalue weighted by atomic mass is 10.2. The van der Waals surface area contributed by atoms with Crippen molar-refractivity contribution < 1.29 is 4.39 Å². The van der Waals surface area contributed by atoms with Crippen LogP contribution in [0.25, 0.3) is 55.5 Å². The van der Waals surface area contributed by atoms with Crippen molar-refractivity contribution >= 4 is 33.4 Å². The second-order valence-electron chi connectivity index (χ2n) is 6.50. The van der Waals surface area contributed by atoms with E-state index in [2.05, 4.69) is 30.1 Å². The van der Waals surface area contributed by atoms with E-state index in [-0.39, 0.29) is 5.13 Å². The molecule has 0 aromatic carbocycles. The van der Waals surface area contributed by atoms with Crippen molar-refractivity contribution in [3.05, 3.63) is 60.3 Å². The molecule has 0 saturated carbocycles. The van der Waals surface area contributed by atoms with E-state index in [1.54, 1.807) is 30.9 Å². The van der Waals surface area contributed by atoms with E-state index in [0.29, 0.717) is 44.5 Å². The first kappa shape index (κ1) is 16.9. The van der Waals surface area contributed by atoms with Gasteiger partial charge in [0.25, 0.3) is 0 Å². The van der Waals surface area contributed by atoms with Crippen molar-refractivity contribution in [2.24, 2.45) is 0 Å². The Hall–Kier alpha value is -4.05. The fraction of sp³-hybridized carbons (Fsp3) is 0. The second kappa shape index (κ2) is 6.49. The van der Waals surface area contributed by atoms with Crippen LogP contribution in [0.2, 0.25) is 0 Å². The number of halogens is 1. The number of nitrogens with zero attached hydrogens (tertiary/aromatic N) is 6. The first-order valence-electron chi connectivity index (χ1n) is 8.98. The summed E-state index contributed by atoms with van der Waals surface area (Å²) in [5, 5.41) is 7.13. The number of H-pyrrole nitrogens is 2. The number of fused-ring (bicyclic) bond motifs is 2. The fourth-order valence-corrected chi connectivity index (χ4v) is 4.04. The Morgan fingerprint density at radius 3 is 2.57 bits per heavy atom. The van der Waals surface area contributed by atoms with Gasteiger partial charge in [-0.05, 0) is 30.3 Å². The van der Waals surface area contributed by atoms with Crippen LogP contribution in [0.3, 0.4) is 0 Å². The molecule has 0 saturated heterocycles. The Balaban J connectivity index is 1.52. The molecule has 144 valence electrons. The normalized spacial score (nSPS) is 11.5. The van der Waals surface area contributed by atoms with Gasteiger partial charge in [0.05, 0.1) is 27.8 Å². The zero-order valence-electron chi connectivity index (χ0n) is 15.2. The molecule has 0 aliphatic rings. The number of pyridine rings is 2. The van der Waals surface area contributed by atoms with Gasteiger partial charge in [0.15, 0.2) is 16.6 Å². The van der Waals surface area contributed by atoms with Gasteiger partial charge < -0.3 is 4.98 Å². The molecular formula is C20H11FN8S. The van der Waals surface area contributed by atoms with E-state index >= 15 is 0 Å². The number of hydrogen-bond donors (Lipinski definition) is 2. The number of nitrogens with one attached hydrogen (secondary N) is 2. The van der Waals surface area contributed by atoms with Crippen LogP contribution in [0.4, 0.5) is 4.39 Å². The molecule has 8 nitrogen and oxygen atoms in total. The van der Waals surface area contributed by atoms with Gasteiger partial charge in [0.1, 0.15) is 22.4 Å². The molecule has 10 heteroatoms. The third kappa shape index (κ3) is 2.65. The predicted octanol–water partition coefficient (Wildman–Crippen LogP) is 4.22. The van der Waals surface area contributed by atoms with Crippen LogP contribution in [0.15, 0.2) is 55.1 Å². The molecule has 0 unspecified atom stereocenters. The first-order chi connectivity index (χ1) is 14.8. The highest BCUT2D eigenvalue weighted by molar-refractivity contribution is 7.13. The molecule has 0 aliphatic carbocycles. The minimum absolute atomic E-state index is 0.265.